The Morgan fingerprint density at radius 3 is 2.79 bits per heavy atom. The van der Waals surface area contributed by atoms with Gasteiger partial charge in [0, 0.05) is 25.2 Å². The first-order chi connectivity index (χ1) is 9.11. The first-order valence-electron chi connectivity index (χ1n) is 6.77. The highest BCUT2D eigenvalue weighted by Crippen LogP contribution is 2.27. The summed E-state index contributed by atoms with van der Waals surface area (Å²) in [5, 5.41) is 9.15. The minimum atomic E-state index is -0.687. The summed E-state index contributed by atoms with van der Waals surface area (Å²) in [6, 6.07) is 7.96. The number of benzene rings is 1. The van der Waals surface area contributed by atoms with Crippen molar-refractivity contribution in [1.82, 2.24) is 4.90 Å². The Morgan fingerprint density at radius 1 is 1.42 bits per heavy atom. The average Bonchev–Trinajstić information content (AvgIpc) is 2.73. The first kappa shape index (κ1) is 13.9. The molecule has 1 saturated heterocycles. The molecule has 1 aliphatic rings. The predicted molar refractivity (Wildman–Crippen MR) is 73.2 cm³/mol. The molecule has 0 bridgehead atoms. The molecule has 1 aromatic rings. The van der Waals surface area contributed by atoms with Gasteiger partial charge in [-0.3, -0.25) is 9.69 Å². The van der Waals surface area contributed by atoms with E-state index in [1.807, 2.05) is 38.1 Å². The van der Waals surface area contributed by atoms with Crippen molar-refractivity contribution in [3.8, 4) is 5.75 Å². The van der Waals surface area contributed by atoms with E-state index < -0.39 is 5.97 Å². The maximum Gasteiger partial charge on any atom is 0.308 e. The van der Waals surface area contributed by atoms with Crippen LogP contribution in [0.25, 0.3) is 0 Å². The third kappa shape index (κ3) is 3.26. The minimum Gasteiger partial charge on any atom is -0.494 e. The summed E-state index contributed by atoms with van der Waals surface area (Å²) < 4.78 is 5.61. The van der Waals surface area contributed by atoms with E-state index in [9.17, 15) is 4.79 Å². The quantitative estimate of drug-likeness (QED) is 0.885. The van der Waals surface area contributed by atoms with E-state index in [1.165, 1.54) is 0 Å². The number of hydrogen-bond donors (Lipinski definition) is 1. The zero-order valence-corrected chi connectivity index (χ0v) is 11.5. The number of nitrogens with zero attached hydrogens (tertiary/aromatic N) is 1. The molecule has 4 heteroatoms. The van der Waals surface area contributed by atoms with Crippen LogP contribution in [0.15, 0.2) is 24.3 Å². The van der Waals surface area contributed by atoms with E-state index in [-0.39, 0.29) is 11.8 Å². The Kier molecular flexibility index (Phi) is 4.43. The molecule has 0 aliphatic carbocycles. The number of aliphatic carboxylic acids is 1. The van der Waals surface area contributed by atoms with Gasteiger partial charge in [-0.2, -0.15) is 0 Å². The number of carboxylic acids is 1. The second-order valence-corrected chi connectivity index (χ2v) is 5.16. The molecular weight excluding hydrogens is 242 g/mol. The largest absolute Gasteiger partial charge is 0.494 e. The summed E-state index contributed by atoms with van der Waals surface area (Å²) in [4.78, 5) is 13.3. The van der Waals surface area contributed by atoms with Crippen molar-refractivity contribution in [2.75, 3.05) is 19.7 Å². The van der Waals surface area contributed by atoms with Gasteiger partial charge in [0.25, 0.3) is 0 Å². The second-order valence-electron chi connectivity index (χ2n) is 5.16. The number of rotatable bonds is 5. The molecule has 1 N–H and O–H groups in total. The van der Waals surface area contributed by atoms with Crippen molar-refractivity contribution < 1.29 is 14.6 Å². The van der Waals surface area contributed by atoms with Gasteiger partial charge in [-0.1, -0.05) is 25.1 Å². The van der Waals surface area contributed by atoms with Gasteiger partial charge in [0.15, 0.2) is 0 Å². The number of carbonyl (C=O) groups is 1. The standard InChI is InChI=1S/C15H21NO3/c1-3-19-14-7-5-4-6-12(14)9-16-8-11(2)13(10-16)15(17)18/h4-7,11,13H,3,8-10H2,1-2H3,(H,17,18)/t11-,13-/m1/s1. The molecule has 0 unspecified atom stereocenters. The van der Waals surface area contributed by atoms with E-state index in [0.29, 0.717) is 13.2 Å². The molecule has 0 aromatic heterocycles. The van der Waals surface area contributed by atoms with Crippen LogP contribution in [0.2, 0.25) is 0 Å². The Balaban J connectivity index is 2.04. The highest BCUT2D eigenvalue weighted by atomic mass is 16.5. The van der Waals surface area contributed by atoms with Gasteiger partial charge in [0.2, 0.25) is 0 Å². The van der Waals surface area contributed by atoms with E-state index in [2.05, 4.69) is 4.90 Å². The van der Waals surface area contributed by atoms with E-state index in [0.717, 1.165) is 24.4 Å². The maximum atomic E-state index is 11.1. The van der Waals surface area contributed by atoms with Crippen LogP contribution in [-0.4, -0.2) is 35.7 Å². The Labute approximate surface area is 114 Å². The van der Waals surface area contributed by atoms with Gasteiger partial charge in [-0.15, -0.1) is 0 Å². The van der Waals surface area contributed by atoms with Crippen molar-refractivity contribution in [3.63, 3.8) is 0 Å². The molecule has 0 radical (unpaired) electrons. The molecular formula is C15H21NO3. The number of hydrogen-bond acceptors (Lipinski definition) is 3. The summed E-state index contributed by atoms with van der Waals surface area (Å²) in [6.07, 6.45) is 0. The molecule has 1 aliphatic heterocycles. The third-order valence-corrected chi connectivity index (χ3v) is 3.67. The van der Waals surface area contributed by atoms with Gasteiger partial charge < -0.3 is 9.84 Å². The molecule has 4 nitrogen and oxygen atoms in total. The zero-order valence-electron chi connectivity index (χ0n) is 11.5. The molecule has 19 heavy (non-hydrogen) atoms. The van der Waals surface area contributed by atoms with E-state index >= 15 is 0 Å². The molecule has 104 valence electrons. The minimum absolute atomic E-state index is 0.205. The van der Waals surface area contributed by atoms with Crippen molar-refractivity contribution >= 4 is 5.97 Å². The normalized spacial score (nSPS) is 23.5. The lowest BCUT2D eigenvalue weighted by Crippen LogP contribution is -2.23. The highest BCUT2D eigenvalue weighted by Gasteiger charge is 2.34. The molecule has 0 spiro atoms. The van der Waals surface area contributed by atoms with Crippen LogP contribution in [0.4, 0.5) is 0 Å². The summed E-state index contributed by atoms with van der Waals surface area (Å²) in [5.41, 5.74) is 1.13. The lowest BCUT2D eigenvalue weighted by molar-refractivity contribution is -0.142. The van der Waals surface area contributed by atoms with Gasteiger partial charge in [-0.05, 0) is 18.9 Å². The van der Waals surface area contributed by atoms with Crippen LogP contribution in [0.3, 0.4) is 0 Å². The van der Waals surface area contributed by atoms with Gasteiger partial charge in [0.1, 0.15) is 5.75 Å². The van der Waals surface area contributed by atoms with Crippen LogP contribution < -0.4 is 4.74 Å². The third-order valence-electron chi connectivity index (χ3n) is 3.67. The first-order valence-corrected chi connectivity index (χ1v) is 6.77. The number of para-hydroxylation sites is 1. The Morgan fingerprint density at radius 2 is 2.16 bits per heavy atom. The summed E-state index contributed by atoms with van der Waals surface area (Å²) in [5.74, 6) is 0.167. The SMILES string of the molecule is CCOc1ccccc1CN1C[C@@H](C)[C@H](C(=O)O)C1. The van der Waals surface area contributed by atoms with Crippen molar-refractivity contribution in [3.05, 3.63) is 29.8 Å². The van der Waals surface area contributed by atoms with Crippen LogP contribution in [0, 0.1) is 11.8 Å². The summed E-state index contributed by atoms with van der Waals surface area (Å²) in [6.45, 7) is 6.83. The van der Waals surface area contributed by atoms with Crippen LogP contribution in [0.1, 0.15) is 19.4 Å². The topological polar surface area (TPSA) is 49.8 Å². The molecule has 1 aromatic carbocycles. The molecule has 0 saturated carbocycles. The smallest absolute Gasteiger partial charge is 0.308 e. The molecule has 1 heterocycles. The Bertz CT molecular complexity index is 447. The monoisotopic (exact) mass is 263 g/mol. The molecule has 2 rings (SSSR count). The summed E-state index contributed by atoms with van der Waals surface area (Å²) in [7, 11) is 0. The van der Waals surface area contributed by atoms with Crippen molar-refractivity contribution in [2.24, 2.45) is 11.8 Å². The van der Waals surface area contributed by atoms with Gasteiger partial charge in [0.05, 0.1) is 12.5 Å². The average molecular weight is 263 g/mol. The lowest BCUT2D eigenvalue weighted by atomic mass is 9.99. The molecule has 2 atom stereocenters. The fraction of sp³-hybridized carbons (Fsp3) is 0.533. The van der Waals surface area contributed by atoms with Gasteiger partial charge in [-0.25, -0.2) is 0 Å². The number of carboxylic acid groups (broad SMARTS) is 1. The predicted octanol–water partition coefficient (Wildman–Crippen LogP) is 2.24. The number of likely N-dealkylation sites (tertiary alicyclic amines) is 1. The fourth-order valence-corrected chi connectivity index (χ4v) is 2.69. The Hall–Kier alpha value is -1.55. The van der Waals surface area contributed by atoms with Crippen LogP contribution in [-0.2, 0) is 11.3 Å². The van der Waals surface area contributed by atoms with Crippen LogP contribution in [0.5, 0.6) is 5.75 Å². The zero-order chi connectivity index (χ0) is 13.8. The van der Waals surface area contributed by atoms with E-state index in [1.54, 1.807) is 0 Å². The van der Waals surface area contributed by atoms with Crippen molar-refractivity contribution in [2.45, 2.75) is 20.4 Å². The number of ether oxygens (including phenoxy) is 1. The lowest BCUT2D eigenvalue weighted by Gasteiger charge is -2.17. The van der Waals surface area contributed by atoms with E-state index in [4.69, 9.17) is 9.84 Å². The fourth-order valence-electron chi connectivity index (χ4n) is 2.69. The van der Waals surface area contributed by atoms with Gasteiger partial charge >= 0.3 is 5.97 Å². The molecule has 1 fully saturated rings. The second kappa shape index (κ2) is 6.06. The van der Waals surface area contributed by atoms with Crippen molar-refractivity contribution in [1.29, 1.82) is 0 Å². The highest BCUT2D eigenvalue weighted by molar-refractivity contribution is 5.71. The van der Waals surface area contributed by atoms with Crippen LogP contribution >= 0.6 is 0 Å². The molecule has 0 amide bonds. The maximum absolute atomic E-state index is 11.1. The summed E-state index contributed by atoms with van der Waals surface area (Å²) >= 11 is 0.